The zero-order chi connectivity index (χ0) is 23.1. The van der Waals surface area contributed by atoms with E-state index in [1.807, 2.05) is 36.4 Å². The van der Waals surface area contributed by atoms with Gasteiger partial charge in [0, 0.05) is 5.92 Å². The van der Waals surface area contributed by atoms with Crippen molar-refractivity contribution >= 4 is 18.0 Å². The molecule has 7 nitrogen and oxygen atoms in total. The highest BCUT2D eigenvalue weighted by Crippen LogP contribution is 2.44. The van der Waals surface area contributed by atoms with Gasteiger partial charge in [-0.1, -0.05) is 48.5 Å². The fourth-order valence-corrected chi connectivity index (χ4v) is 4.32. The third-order valence-corrected chi connectivity index (χ3v) is 6.53. The summed E-state index contributed by atoms with van der Waals surface area (Å²) in [6, 6.07) is 16.1. The fourth-order valence-electron chi connectivity index (χ4n) is 4.32. The third kappa shape index (κ3) is 3.95. The number of rotatable bonds is 7. The number of alkyl carbamates (subject to hydrolysis) is 1. The largest absolute Gasteiger partial charge is 0.480 e. The number of aliphatic carboxylic acids is 1. The molecule has 2 aliphatic carbocycles. The fraction of sp³-hybridized carbons (Fsp3) is 0.400. The molecule has 0 aromatic heterocycles. The molecule has 0 saturated heterocycles. The van der Waals surface area contributed by atoms with Gasteiger partial charge in [0.05, 0.1) is 0 Å². The van der Waals surface area contributed by atoms with Crippen LogP contribution in [-0.4, -0.2) is 40.8 Å². The lowest BCUT2D eigenvalue weighted by Crippen LogP contribution is -2.63. The number of nitrogens with one attached hydrogen (secondary N) is 2. The molecule has 0 spiro atoms. The Hall–Kier alpha value is -3.35. The summed E-state index contributed by atoms with van der Waals surface area (Å²) in [4.78, 5) is 37.1. The Morgan fingerprint density at radius 3 is 1.97 bits per heavy atom. The lowest BCUT2D eigenvalue weighted by atomic mass is 9.92. The monoisotopic (exact) mass is 436 g/mol. The minimum absolute atomic E-state index is 0.0624. The Morgan fingerprint density at radius 1 is 0.938 bits per heavy atom. The van der Waals surface area contributed by atoms with Crippen molar-refractivity contribution in [2.24, 2.45) is 5.92 Å². The smallest absolute Gasteiger partial charge is 0.408 e. The summed E-state index contributed by atoms with van der Waals surface area (Å²) in [5.74, 6) is -1.82. The maximum absolute atomic E-state index is 12.9. The summed E-state index contributed by atoms with van der Waals surface area (Å²) in [5, 5.41) is 14.6. The average Bonchev–Trinajstić information content (AvgIpc) is 3.56. The second-order valence-electron chi connectivity index (χ2n) is 9.31. The molecule has 0 heterocycles. The van der Waals surface area contributed by atoms with Crippen LogP contribution in [0.3, 0.4) is 0 Å². The van der Waals surface area contributed by atoms with E-state index in [9.17, 15) is 19.5 Å². The van der Waals surface area contributed by atoms with Gasteiger partial charge in [0.2, 0.25) is 5.91 Å². The molecule has 3 N–H and O–H groups in total. The molecular formula is C25H28N2O5. The van der Waals surface area contributed by atoms with Crippen molar-refractivity contribution < 1.29 is 24.2 Å². The summed E-state index contributed by atoms with van der Waals surface area (Å²) in [6.07, 6.45) is 0.867. The number of hydrogen-bond donors (Lipinski definition) is 3. The van der Waals surface area contributed by atoms with E-state index in [1.165, 1.54) is 13.8 Å². The highest BCUT2D eigenvalue weighted by Gasteiger charge is 2.50. The molecule has 0 bridgehead atoms. The Balaban J connectivity index is 1.46. The van der Waals surface area contributed by atoms with Gasteiger partial charge in [-0.2, -0.15) is 0 Å². The number of hydrogen-bond acceptors (Lipinski definition) is 4. The molecule has 0 aliphatic heterocycles. The maximum Gasteiger partial charge on any atom is 0.408 e. The molecule has 32 heavy (non-hydrogen) atoms. The predicted octanol–water partition coefficient (Wildman–Crippen LogP) is 3.67. The van der Waals surface area contributed by atoms with Gasteiger partial charge in [0.1, 0.15) is 17.7 Å². The number of carbonyl (C=O) groups excluding carboxylic acids is 2. The van der Waals surface area contributed by atoms with Crippen LogP contribution in [0.25, 0.3) is 11.1 Å². The number of benzene rings is 2. The Kier molecular flexibility index (Phi) is 5.44. The first-order valence-electron chi connectivity index (χ1n) is 10.8. The molecule has 1 unspecified atom stereocenters. The standard InChI is InChI=1S/C25H28N2O5/c1-24(2,22(29)30)26-21(28)25(3,15-12-13-15)27-23(31)32-14-20-18-10-6-4-8-16(18)17-9-5-7-11-19(17)20/h4-11,15,20H,12-14H2,1-3H3,(H,26,28)(H,27,31)(H,29,30). The molecule has 0 radical (unpaired) electrons. The summed E-state index contributed by atoms with van der Waals surface area (Å²) in [5.41, 5.74) is 1.79. The van der Waals surface area contributed by atoms with E-state index in [0.717, 1.165) is 35.1 Å². The van der Waals surface area contributed by atoms with Gasteiger partial charge < -0.3 is 20.5 Å². The molecule has 4 rings (SSSR count). The van der Waals surface area contributed by atoms with Crippen LogP contribution >= 0.6 is 0 Å². The highest BCUT2D eigenvalue weighted by atomic mass is 16.5. The molecule has 168 valence electrons. The molecule has 1 atom stereocenters. The minimum atomic E-state index is -1.45. The van der Waals surface area contributed by atoms with Crippen molar-refractivity contribution in [1.29, 1.82) is 0 Å². The van der Waals surface area contributed by atoms with E-state index in [2.05, 4.69) is 22.8 Å². The van der Waals surface area contributed by atoms with Crippen molar-refractivity contribution in [3.05, 3.63) is 59.7 Å². The molecule has 2 aliphatic rings. The van der Waals surface area contributed by atoms with E-state index >= 15 is 0 Å². The quantitative estimate of drug-likeness (QED) is 0.614. The normalized spacial score (nSPS) is 17.0. The van der Waals surface area contributed by atoms with Gasteiger partial charge in [-0.25, -0.2) is 9.59 Å². The molecule has 1 saturated carbocycles. The van der Waals surface area contributed by atoms with Crippen LogP contribution in [0.1, 0.15) is 50.7 Å². The SMILES string of the molecule is CC(C)(NC(=O)C(C)(NC(=O)OCC1c2ccccc2-c2ccccc21)C1CC1)C(=O)O. The molecule has 2 aromatic carbocycles. The average molecular weight is 437 g/mol. The number of carboxylic acid groups (broad SMARTS) is 1. The first kappa shape index (κ1) is 21.9. The zero-order valence-corrected chi connectivity index (χ0v) is 18.5. The Labute approximate surface area is 187 Å². The topological polar surface area (TPSA) is 105 Å². The van der Waals surface area contributed by atoms with E-state index in [-0.39, 0.29) is 18.4 Å². The van der Waals surface area contributed by atoms with Crippen molar-refractivity contribution in [3.8, 4) is 11.1 Å². The third-order valence-electron chi connectivity index (χ3n) is 6.53. The minimum Gasteiger partial charge on any atom is -0.480 e. The first-order chi connectivity index (χ1) is 15.1. The summed E-state index contributed by atoms with van der Waals surface area (Å²) in [7, 11) is 0. The predicted molar refractivity (Wildman–Crippen MR) is 119 cm³/mol. The molecule has 2 amide bonds. The number of ether oxygens (including phenoxy) is 1. The van der Waals surface area contributed by atoms with Gasteiger partial charge in [-0.05, 0) is 61.8 Å². The highest BCUT2D eigenvalue weighted by molar-refractivity contribution is 5.94. The van der Waals surface area contributed by atoms with Gasteiger partial charge >= 0.3 is 12.1 Å². The van der Waals surface area contributed by atoms with Crippen molar-refractivity contribution in [2.75, 3.05) is 6.61 Å². The van der Waals surface area contributed by atoms with Gasteiger partial charge in [0.15, 0.2) is 0 Å². The number of amides is 2. The summed E-state index contributed by atoms with van der Waals surface area (Å²) in [6.45, 7) is 4.59. The second kappa shape index (κ2) is 7.97. The van der Waals surface area contributed by atoms with E-state index < -0.39 is 29.0 Å². The van der Waals surface area contributed by atoms with Gasteiger partial charge in [-0.3, -0.25) is 4.79 Å². The van der Waals surface area contributed by atoms with E-state index in [4.69, 9.17) is 4.74 Å². The molecule has 7 heteroatoms. The van der Waals surface area contributed by atoms with Crippen LogP contribution in [0.2, 0.25) is 0 Å². The van der Waals surface area contributed by atoms with E-state index in [0.29, 0.717) is 0 Å². The second-order valence-corrected chi connectivity index (χ2v) is 9.31. The Morgan fingerprint density at radius 2 is 1.47 bits per heavy atom. The number of carboxylic acids is 1. The molecule has 1 fully saturated rings. The zero-order valence-electron chi connectivity index (χ0n) is 18.5. The number of carbonyl (C=O) groups is 3. The summed E-state index contributed by atoms with van der Waals surface area (Å²) < 4.78 is 5.59. The molecular weight excluding hydrogens is 408 g/mol. The van der Waals surface area contributed by atoms with Crippen molar-refractivity contribution in [3.63, 3.8) is 0 Å². The maximum atomic E-state index is 12.9. The van der Waals surface area contributed by atoms with Crippen LogP contribution < -0.4 is 10.6 Å². The van der Waals surface area contributed by atoms with E-state index in [1.54, 1.807) is 6.92 Å². The molecule has 2 aromatic rings. The van der Waals surface area contributed by atoms with Crippen LogP contribution in [0.15, 0.2) is 48.5 Å². The van der Waals surface area contributed by atoms with Crippen LogP contribution in [0, 0.1) is 5.92 Å². The van der Waals surface area contributed by atoms with Crippen molar-refractivity contribution in [1.82, 2.24) is 10.6 Å². The lowest BCUT2D eigenvalue weighted by Gasteiger charge is -2.33. The van der Waals surface area contributed by atoms with Gasteiger partial charge in [-0.15, -0.1) is 0 Å². The summed E-state index contributed by atoms with van der Waals surface area (Å²) >= 11 is 0. The number of fused-ring (bicyclic) bond motifs is 3. The van der Waals surface area contributed by atoms with Crippen LogP contribution in [-0.2, 0) is 14.3 Å². The van der Waals surface area contributed by atoms with Crippen LogP contribution in [0.5, 0.6) is 0 Å². The van der Waals surface area contributed by atoms with Gasteiger partial charge in [0.25, 0.3) is 0 Å². The Bertz CT molecular complexity index is 1030. The van der Waals surface area contributed by atoms with Crippen LogP contribution in [0.4, 0.5) is 4.79 Å². The van der Waals surface area contributed by atoms with Crippen molar-refractivity contribution in [2.45, 2.75) is 50.6 Å². The lowest BCUT2D eigenvalue weighted by molar-refractivity contribution is -0.147. The first-order valence-corrected chi connectivity index (χ1v) is 10.8.